The van der Waals surface area contributed by atoms with Crippen LogP contribution in [0.2, 0.25) is 0 Å². The molecule has 0 saturated carbocycles. The van der Waals surface area contributed by atoms with Gasteiger partial charge in [0.15, 0.2) is 0 Å². The van der Waals surface area contributed by atoms with E-state index in [0.29, 0.717) is 0 Å². The van der Waals surface area contributed by atoms with E-state index in [1.165, 1.54) is 80.6 Å². The van der Waals surface area contributed by atoms with Crippen LogP contribution < -0.4 is 9.80 Å². The van der Waals surface area contributed by atoms with Gasteiger partial charge in [-0.25, -0.2) is 0 Å². The van der Waals surface area contributed by atoms with Crippen LogP contribution in [0.3, 0.4) is 0 Å². The molecule has 0 radical (unpaired) electrons. The predicted octanol–water partition coefficient (Wildman–Crippen LogP) is 14.3. The molecule has 2 heterocycles. The lowest BCUT2D eigenvalue weighted by Gasteiger charge is -2.38. The molecule has 11 rings (SSSR count). The van der Waals surface area contributed by atoms with Crippen molar-refractivity contribution < 1.29 is 0 Å². The van der Waals surface area contributed by atoms with E-state index < -0.39 is 0 Å². The Morgan fingerprint density at radius 3 is 2.04 bits per heavy atom. The van der Waals surface area contributed by atoms with E-state index >= 15 is 0 Å². The first-order valence-electron chi connectivity index (χ1n) is 19.7. The molecule has 0 amide bonds. The van der Waals surface area contributed by atoms with Crippen LogP contribution in [-0.4, -0.2) is 6.04 Å². The Hall–Kier alpha value is -5.94. The number of nitrogens with zero attached hydrogens (tertiary/aromatic N) is 2. The van der Waals surface area contributed by atoms with Crippen LogP contribution in [-0.2, 0) is 12.8 Å². The van der Waals surface area contributed by atoms with E-state index in [2.05, 4.69) is 198 Å². The van der Waals surface area contributed by atoms with E-state index in [1.807, 2.05) is 22.7 Å². The van der Waals surface area contributed by atoms with Gasteiger partial charge in [0.25, 0.3) is 0 Å². The topological polar surface area (TPSA) is 6.48 Å². The molecule has 5 aromatic carbocycles. The van der Waals surface area contributed by atoms with Crippen molar-refractivity contribution in [3.8, 4) is 0 Å². The number of para-hydroxylation sites is 2. The van der Waals surface area contributed by atoms with Gasteiger partial charge in [0.05, 0.1) is 6.04 Å². The van der Waals surface area contributed by atoms with Gasteiger partial charge in [-0.15, -0.1) is 22.7 Å². The van der Waals surface area contributed by atoms with Crippen LogP contribution >= 0.6 is 22.7 Å². The molecule has 270 valence electrons. The number of aryl methyl sites for hydroxylation is 1. The Balaban J connectivity index is 0.966. The third-order valence-corrected chi connectivity index (χ3v) is 14.2. The second-order valence-corrected chi connectivity index (χ2v) is 17.3. The van der Waals surface area contributed by atoms with E-state index in [0.717, 1.165) is 19.3 Å². The van der Waals surface area contributed by atoms with Crippen LogP contribution in [0.15, 0.2) is 182 Å². The first-order valence-corrected chi connectivity index (χ1v) is 21.4. The molecule has 2 nitrogen and oxygen atoms in total. The number of hydrogen-bond donors (Lipinski definition) is 0. The first kappa shape index (κ1) is 33.4. The average molecular weight is 757 g/mol. The van der Waals surface area contributed by atoms with E-state index in [1.54, 1.807) is 0 Å². The van der Waals surface area contributed by atoms with Gasteiger partial charge in [0, 0.05) is 59.4 Å². The normalized spacial score (nSPS) is 19.3. The highest BCUT2D eigenvalue weighted by Gasteiger charge is 2.33. The van der Waals surface area contributed by atoms with Crippen molar-refractivity contribution in [3.05, 3.63) is 208 Å². The van der Waals surface area contributed by atoms with E-state index in [-0.39, 0.29) is 17.9 Å². The fourth-order valence-corrected chi connectivity index (χ4v) is 11.6. The highest BCUT2D eigenvalue weighted by molar-refractivity contribution is 7.20. The van der Waals surface area contributed by atoms with Crippen molar-refractivity contribution in [2.24, 2.45) is 11.8 Å². The van der Waals surface area contributed by atoms with Crippen molar-refractivity contribution in [2.75, 3.05) is 9.80 Å². The van der Waals surface area contributed by atoms with Gasteiger partial charge in [-0.3, -0.25) is 0 Å². The maximum Gasteiger partial charge on any atom is 0.0566 e. The van der Waals surface area contributed by atoms with Gasteiger partial charge < -0.3 is 9.80 Å². The lowest BCUT2D eigenvalue weighted by Crippen LogP contribution is -2.32. The summed E-state index contributed by atoms with van der Waals surface area (Å²) in [5.41, 5.74) is 11.7. The van der Waals surface area contributed by atoms with Crippen LogP contribution in [0.25, 0.3) is 37.9 Å². The SMILES string of the molecule is C1=CC2C(c3ccc(N(c4ccccc4)C4C=Cc5sc6ccccc6c5C4)cc3)=CC=C(N(c3ccccc3)c3ccc4sc5c(c4c3)CCC=C5)C2C=C1. The minimum Gasteiger partial charge on any atom is -0.334 e. The van der Waals surface area contributed by atoms with Crippen molar-refractivity contribution in [1.82, 2.24) is 0 Å². The highest BCUT2D eigenvalue weighted by Crippen LogP contribution is 2.47. The van der Waals surface area contributed by atoms with Gasteiger partial charge in [0.1, 0.15) is 0 Å². The van der Waals surface area contributed by atoms with Gasteiger partial charge in [-0.1, -0.05) is 109 Å². The maximum absolute atomic E-state index is 2.52. The molecule has 2 aromatic heterocycles. The predicted molar refractivity (Wildman–Crippen MR) is 242 cm³/mol. The molecular weight excluding hydrogens is 717 g/mol. The Labute approximate surface area is 336 Å². The van der Waals surface area contributed by atoms with Gasteiger partial charge in [0.2, 0.25) is 0 Å². The minimum absolute atomic E-state index is 0.192. The maximum atomic E-state index is 2.52. The quantitative estimate of drug-likeness (QED) is 0.160. The summed E-state index contributed by atoms with van der Waals surface area (Å²) in [5.74, 6) is 0.411. The molecule has 4 aliphatic carbocycles. The zero-order valence-corrected chi connectivity index (χ0v) is 32.6. The van der Waals surface area contributed by atoms with Gasteiger partial charge >= 0.3 is 0 Å². The Morgan fingerprint density at radius 2 is 1.21 bits per heavy atom. The zero-order chi connectivity index (χ0) is 37.0. The molecule has 0 spiro atoms. The van der Waals surface area contributed by atoms with Crippen molar-refractivity contribution >= 4 is 83.3 Å². The fraction of sp³-hybridized carbons (Fsp3) is 0.115. The summed E-state index contributed by atoms with van der Waals surface area (Å²) in [6.45, 7) is 0. The Kier molecular flexibility index (Phi) is 8.33. The largest absolute Gasteiger partial charge is 0.334 e. The van der Waals surface area contributed by atoms with Crippen LogP contribution in [0, 0.1) is 11.8 Å². The third kappa shape index (κ3) is 5.75. The standard InChI is InChI=1S/C52H40N2S2/c1-3-13-36(14-4-1)53(39-27-31-51-46(33-39)44-19-9-11-21-49(44)55-51)38-25-23-35(24-26-38)41-29-30-48(43-18-8-7-17-42(41)43)54(37-15-5-2-6-16-37)40-28-32-52-47(34-40)45-20-10-12-22-50(45)56-52/h1-9,11-19,21-32,34,39,42-43H,10,20,33H2. The number of rotatable bonds is 7. The zero-order valence-electron chi connectivity index (χ0n) is 31.0. The second kappa shape index (κ2) is 14.0. The lowest BCUT2D eigenvalue weighted by atomic mass is 9.74. The number of benzene rings is 5. The smallest absolute Gasteiger partial charge is 0.0566 e. The molecule has 56 heavy (non-hydrogen) atoms. The summed E-state index contributed by atoms with van der Waals surface area (Å²) in [6, 6.07) is 47.3. The summed E-state index contributed by atoms with van der Waals surface area (Å²) in [5, 5.41) is 2.79. The van der Waals surface area contributed by atoms with Crippen LogP contribution in [0.1, 0.15) is 32.9 Å². The van der Waals surface area contributed by atoms with Crippen molar-refractivity contribution in [2.45, 2.75) is 25.3 Å². The van der Waals surface area contributed by atoms with Gasteiger partial charge in [-0.05, 0) is 131 Å². The molecular formula is C52H40N2S2. The number of allylic oxidation sites excluding steroid dienone is 8. The highest BCUT2D eigenvalue weighted by atomic mass is 32.1. The lowest BCUT2D eigenvalue weighted by molar-refractivity contribution is 0.627. The molecule has 7 aromatic rings. The third-order valence-electron chi connectivity index (χ3n) is 11.9. The van der Waals surface area contributed by atoms with Crippen molar-refractivity contribution in [1.29, 1.82) is 0 Å². The average Bonchev–Trinajstić information content (AvgIpc) is 3.83. The number of fused-ring (bicyclic) bond motifs is 7. The summed E-state index contributed by atoms with van der Waals surface area (Å²) in [7, 11) is 0. The summed E-state index contributed by atoms with van der Waals surface area (Å²) in [4.78, 5) is 7.82. The molecule has 0 saturated heterocycles. The molecule has 0 bridgehead atoms. The fourth-order valence-electron chi connectivity index (χ4n) is 9.28. The molecule has 0 N–H and O–H groups in total. The second-order valence-electron chi connectivity index (χ2n) is 15.1. The first-order chi connectivity index (χ1) is 27.8. The number of hydrogen-bond acceptors (Lipinski definition) is 4. The van der Waals surface area contributed by atoms with Crippen LogP contribution in [0.4, 0.5) is 22.7 Å². The minimum atomic E-state index is 0.192. The van der Waals surface area contributed by atoms with Crippen LogP contribution in [0.5, 0.6) is 0 Å². The molecule has 0 fully saturated rings. The summed E-state index contributed by atoms with van der Waals surface area (Å²) >= 11 is 3.82. The number of thiophene rings is 2. The summed E-state index contributed by atoms with van der Waals surface area (Å²) in [6.07, 6.45) is 26.6. The summed E-state index contributed by atoms with van der Waals surface area (Å²) < 4.78 is 2.74. The molecule has 3 unspecified atom stereocenters. The van der Waals surface area contributed by atoms with E-state index in [4.69, 9.17) is 0 Å². The monoisotopic (exact) mass is 756 g/mol. The molecule has 0 aliphatic heterocycles. The van der Waals surface area contributed by atoms with Gasteiger partial charge in [-0.2, -0.15) is 0 Å². The van der Waals surface area contributed by atoms with Crippen molar-refractivity contribution in [3.63, 3.8) is 0 Å². The number of anilines is 4. The Bertz CT molecular complexity index is 2790. The molecule has 3 atom stereocenters. The molecule has 4 heteroatoms. The Morgan fingerprint density at radius 1 is 0.536 bits per heavy atom. The van der Waals surface area contributed by atoms with E-state index in [9.17, 15) is 0 Å². The molecule has 4 aliphatic rings.